The summed E-state index contributed by atoms with van der Waals surface area (Å²) < 4.78 is 10.3. The van der Waals surface area contributed by atoms with Crippen LogP contribution in [0.2, 0.25) is 0 Å². The maximum absolute atomic E-state index is 12.0. The van der Waals surface area contributed by atoms with E-state index in [0.29, 0.717) is 24.2 Å². The van der Waals surface area contributed by atoms with Crippen molar-refractivity contribution in [3.63, 3.8) is 0 Å². The normalized spacial score (nSPS) is 12.0. The van der Waals surface area contributed by atoms with E-state index in [-0.39, 0.29) is 27.8 Å². The fourth-order valence-electron chi connectivity index (χ4n) is 3.87. The van der Waals surface area contributed by atoms with Crippen LogP contribution in [0.3, 0.4) is 0 Å². The van der Waals surface area contributed by atoms with Crippen LogP contribution in [0.5, 0.6) is 11.5 Å². The molecule has 0 aromatic carbocycles. The fraction of sp³-hybridized carbons (Fsp3) is 0.571. The van der Waals surface area contributed by atoms with Crippen molar-refractivity contribution in [2.45, 2.75) is 91.9 Å². The molecule has 0 spiro atoms. The lowest BCUT2D eigenvalue weighted by atomic mass is 9.81. The van der Waals surface area contributed by atoms with Gasteiger partial charge in [0.05, 0.1) is 6.26 Å². The van der Waals surface area contributed by atoms with E-state index in [1.807, 2.05) is 0 Å². The SMILES string of the molecule is CC(C)(CCC(=S)CCC(=S)CCC(C)(C)CCc1cocc(O)c1=O)CCc1cc(=O)c(O)co1. The summed E-state index contributed by atoms with van der Waals surface area (Å²) in [5.41, 5.74) is -0.248. The van der Waals surface area contributed by atoms with E-state index in [1.54, 1.807) is 0 Å². The fourth-order valence-corrected chi connectivity index (χ4v) is 4.28. The summed E-state index contributed by atoms with van der Waals surface area (Å²) in [5, 5.41) is 18.8. The van der Waals surface area contributed by atoms with Gasteiger partial charge in [0.25, 0.3) is 0 Å². The third-order valence-electron chi connectivity index (χ3n) is 6.74. The number of rotatable bonds is 15. The predicted octanol–water partition coefficient (Wildman–Crippen LogP) is 6.70. The van der Waals surface area contributed by atoms with Gasteiger partial charge in [0.2, 0.25) is 10.9 Å². The minimum Gasteiger partial charge on any atom is -0.502 e. The Morgan fingerprint density at radius 3 is 1.89 bits per heavy atom. The van der Waals surface area contributed by atoms with Gasteiger partial charge in [-0.25, -0.2) is 0 Å². The second kappa shape index (κ2) is 13.3. The quantitative estimate of drug-likeness (QED) is 0.243. The van der Waals surface area contributed by atoms with E-state index in [9.17, 15) is 19.8 Å². The molecule has 2 aromatic rings. The van der Waals surface area contributed by atoms with Crippen LogP contribution >= 0.6 is 24.4 Å². The van der Waals surface area contributed by atoms with Crippen molar-refractivity contribution in [2.75, 3.05) is 0 Å². The van der Waals surface area contributed by atoms with Gasteiger partial charge in [-0.1, -0.05) is 52.1 Å². The molecule has 2 N–H and O–H groups in total. The van der Waals surface area contributed by atoms with Crippen LogP contribution in [0.25, 0.3) is 0 Å². The van der Waals surface area contributed by atoms with E-state index in [2.05, 4.69) is 27.7 Å². The Morgan fingerprint density at radius 2 is 1.33 bits per heavy atom. The molecular formula is C28H38O6S2. The number of aryl methyl sites for hydroxylation is 2. The lowest BCUT2D eigenvalue weighted by Crippen LogP contribution is -2.17. The molecule has 0 aliphatic heterocycles. The first-order chi connectivity index (χ1) is 16.8. The first-order valence-electron chi connectivity index (χ1n) is 12.4. The molecule has 0 amide bonds. The highest BCUT2D eigenvalue weighted by molar-refractivity contribution is 7.80. The minimum atomic E-state index is -0.418. The van der Waals surface area contributed by atoms with Gasteiger partial charge in [0, 0.05) is 18.1 Å². The number of thiocarbonyl (C=S) groups is 2. The van der Waals surface area contributed by atoms with Gasteiger partial charge in [0.1, 0.15) is 18.3 Å². The highest BCUT2D eigenvalue weighted by Gasteiger charge is 2.21. The van der Waals surface area contributed by atoms with Crippen molar-refractivity contribution >= 4 is 34.2 Å². The third-order valence-corrected chi connectivity index (χ3v) is 7.56. The Morgan fingerprint density at radius 1 is 0.778 bits per heavy atom. The Hall–Kier alpha value is -2.32. The first-order valence-corrected chi connectivity index (χ1v) is 13.2. The third kappa shape index (κ3) is 10.3. The number of hydrogen-bond donors (Lipinski definition) is 2. The summed E-state index contributed by atoms with van der Waals surface area (Å²) in [6.45, 7) is 8.69. The van der Waals surface area contributed by atoms with Crippen molar-refractivity contribution in [2.24, 2.45) is 10.8 Å². The molecule has 0 bridgehead atoms. The molecule has 198 valence electrons. The van der Waals surface area contributed by atoms with Crippen molar-refractivity contribution in [1.82, 2.24) is 0 Å². The maximum atomic E-state index is 12.0. The molecule has 0 aliphatic carbocycles. The van der Waals surface area contributed by atoms with Crippen molar-refractivity contribution in [3.8, 4) is 11.5 Å². The van der Waals surface area contributed by atoms with Crippen LogP contribution < -0.4 is 10.9 Å². The Labute approximate surface area is 223 Å². The lowest BCUT2D eigenvalue weighted by Gasteiger charge is -2.25. The molecule has 0 fully saturated rings. The molecular weight excluding hydrogens is 496 g/mol. The molecule has 8 heteroatoms. The summed E-state index contributed by atoms with van der Waals surface area (Å²) in [6.07, 6.45) is 11.5. The number of aromatic hydroxyl groups is 2. The molecule has 0 saturated heterocycles. The average molecular weight is 535 g/mol. The van der Waals surface area contributed by atoms with Gasteiger partial charge < -0.3 is 19.0 Å². The average Bonchev–Trinajstić information content (AvgIpc) is 2.82. The molecule has 2 aromatic heterocycles. The zero-order chi connectivity index (χ0) is 26.9. The molecule has 6 nitrogen and oxygen atoms in total. The van der Waals surface area contributed by atoms with Gasteiger partial charge in [-0.3, -0.25) is 9.59 Å². The van der Waals surface area contributed by atoms with Crippen molar-refractivity contribution < 1.29 is 19.0 Å². The highest BCUT2D eigenvalue weighted by Crippen LogP contribution is 2.31. The van der Waals surface area contributed by atoms with Crippen LogP contribution in [-0.2, 0) is 12.8 Å². The largest absolute Gasteiger partial charge is 0.502 e. The molecule has 0 aliphatic rings. The molecule has 0 saturated carbocycles. The zero-order valence-electron chi connectivity index (χ0n) is 21.7. The maximum Gasteiger partial charge on any atom is 0.229 e. The summed E-state index contributed by atoms with van der Waals surface area (Å²) in [5.74, 6) is -0.143. The standard InChI is InChI=1S/C28H38O6S2/c1-27(2,11-7-19-16-33-17-25(31)26(19)32)13-9-21(35)5-6-22(36)10-14-28(3,4)12-8-20-15-23(29)24(30)18-34-20/h15-18,30-31H,5-14H2,1-4H3. The Balaban J connectivity index is 1.68. The van der Waals surface area contributed by atoms with Gasteiger partial charge >= 0.3 is 0 Å². The zero-order valence-corrected chi connectivity index (χ0v) is 23.4. The molecule has 0 unspecified atom stereocenters. The van der Waals surface area contributed by atoms with E-state index in [4.69, 9.17) is 33.3 Å². The summed E-state index contributed by atoms with van der Waals surface area (Å²) >= 11 is 11.2. The molecule has 2 heterocycles. The Bertz CT molecular complexity index is 1160. The van der Waals surface area contributed by atoms with Crippen LogP contribution in [0.4, 0.5) is 0 Å². The predicted molar refractivity (Wildman–Crippen MR) is 150 cm³/mol. The smallest absolute Gasteiger partial charge is 0.229 e. The van der Waals surface area contributed by atoms with Crippen molar-refractivity contribution in [3.05, 3.63) is 56.6 Å². The molecule has 2 rings (SSSR count). The van der Waals surface area contributed by atoms with Crippen LogP contribution in [-0.4, -0.2) is 19.9 Å². The molecule has 36 heavy (non-hydrogen) atoms. The van der Waals surface area contributed by atoms with Gasteiger partial charge in [0.15, 0.2) is 11.5 Å². The van der Waals surface area contributed by atoms with Crippen LogP contribution in [0, 0.1) is 10.8 Å². The minimum absolute atomic E-state index is 0.00311. The monoisotopic (exact) mass is 534 g/mol. The van der Waals surface area contributed by atoms with Gasteiger partial charge in [-0.2, -0.15) is 0 Å². The lowest BCUT2D eigenvalue weighted by molar-refractivity contribution is 0.300. The first kappa shape index (κ1) is 29.9. The summed E-state index contributed by atoms with van der Waals surface area (Å²) in [6, 6.07) is 1.35. The van der Waals surface area contributed by atoms with E-state index in [1.165, 1.54) is 12.3 Å². The van der Waals surface area contributed by atoms with E-state index < -0.39 is 5.43 Å². The Kier molecular flexibility index (Phi) is 11.0. The summed E-state index contributed by atoms with van der Waals surface area (Å²) in [4.78, 5) is 25.6. The number of hydrogen-bond acceptors (Lipinski definition) is 8. The second-order valence-corrected chi connectivity index (χ2v) is 12.3. The second-order valence-electron chi connectivity index (χ2n) is 11.1. The highest BCUT2D eigenvalue weighted by atomic mass is 32.1. The topological polar surface area (TPSA) is 101 Å². The van der Waals surface area contributed by atoms with E-state index in [0.717, 1.165) is 73.6 Å². The summed E-state index contributed by atoms with van der Waals surface area (Å²) in [7, 11) is 0. The molecule has 0 radical (unpaired) electrons. The van der Waals surface area contributed by atoms with E-state index >= 15 is 0 Å². The van der Waals surface area contributed by atoms with Crippen LogP contribution in [0.15, 0.2) is 43.3 Å². The van der Waals surface area contributed by atoms with Gasteiger partial charge in [-0.15, -0.1) is 0 Å². The van der Waals surface area contributed by atoms with Crippen LogP contribution in [0.1, 0.15) is 90.4 Å². The molecule has 0 atom stereocenters. The van der Waals surface area contributed by atoms with Crippen molar-refractivity contribution in [1.29, 1.82) is 0 Å². The van der Waals surface area contributed by atoms with Gasteiger partial charge in [-0.05, 0) is 78.3 Å².